The number of urea groups is 1. The van der Waals surface area contributed by atoms with Crippen LogP contribution in [0.2, 0.25) is 0 Å². The first kappa shape index (κ1) is 22.1. The molecule has 0 rings (SSSR count). The summed E-state index contributed by atoms with van der Waals surface area (Å²) in [5, 5.41) is 7.58. The van der Waals surface area contributed by atoms with Crippen molar-refractivity contribution in [2.24, 2.45) is 11.8 Å². The molecule has 0 fully saturated rings. The maximum atomic E-state index is 10.9. The average Bonchev–Trinajstić information content (AvgIpc) is 1.96. The average molecular weight is 341 g/mol. The van der Waals surface area contributed by atoms with Gasteiger partial charge in [0, 0.05) is 0 Å². The maximum Gasteiger partial charge on any atom is 1.00 e. The summed E-state index contributed by atoms with van der Waals surface area (Å²) in [7, 11) is 0. The van der Waals surface area contributed by atoms with Crippen molar-refractivity contribution in [3.8, 4) is 0 Å². The summed E-state index contributed by atoms with van der Waals surface area (Å²) in [4.78, 5) is 10.9. The molecular weight excluding hydrogens is 323 g/mol. The zero-order valence-corrected chi connectivity index (χ0v) is 20.2. The van der Waals surface area contributed by atoms with E-state index in [4.69, 9.17) is 0 Å². The molecule has 0 aromatic carbocycles. The van der Waals surface area contributed by atoms with Gasteiger partial charge >= 0.3 is 116 Å². The van der Waals surface area contributed by atoms with Crippen molar-refractivity contribution in [2.45, 2.75) is 27.7 Å². The molecule has 0 radical (unpaired) electrons. The minimum Gasteiger partial charge on any atom is -0.669 e. The van der Waals surface area contributed by atoms with Crippen molar-refractivity contribution >= 4 is 6.03 Å². The third-order valence-corrected chi connectivity index (χ3v) is 1.18. The van der Waals surface area contributed by atoms with Gasteiger partial charge in [-0.05, 0) is 6.03 Å². The summed E-state index contributed by atoms with van der Waals surface area (Å²) >= 11 is 0. The van der Waals surface area contributed by atoms with Gasteiger partial charge in [-0.15, -0.1) is 13.1 Å². The standard InChI is InChI=1S/C9H19N2O.2Rb/c1-7(2)5-10-9(12)11-6-8(3)4;;/h7-8H,5-6H2,1-4H3,(H-,10,11,12);;/q-1;2*+1/p-1. The Morgan fingerprint density at radius 2 is 1.21 bits per heavy atom. The Kier molecular flexibility index (Phi) is 22.0. The molecule has 0 spiro atoms. The molecule has 2 amide bonds. The summed E-state index contributed by atoms with van der Waals surface area (Å²) in [6, 6.07) is -0.308. The molecule has 3 nitrogen and oxygen atoms in total. The van der Waals surface area contributed by atoms with Gasteiger partial charge in [0.15, 0.2) is 0 Å². The second-order valence-electron chi connectivity index (χ2n) is 3.75. The van der Waals surface area contributed by atoms with E-state index in [1.807, 2.05) is 27.7 Å². The van der Waals surface area contributed by atoms with E-state index in [9.17, 15) is 4.79 Å². The van der Waals surface area contributed by atoms with Gasteiger partial charge in [-0.3, -0.25) is 0 Å². The molecule has 0 N–H and O–H groups in total. The Morgan fingerprint density at radius 1 is 0.929 bits per heavy atom. The zero-order valence-electron chi connectivity index (χ0n) is 10.4. The monoisotopic (exact) mass is 340 g/mol. The van der Waals surface area contributed by atoms with Crippen LogP contribution in [0.4, 0.5) is 4.79 Å². The van der Waals surface area contributed by atoms with Crippen molar-refractivity contribution in [2.75, 3.05) is 13.1 Å². The topological polar surface area (TPSA) is 45.3 Å². The van der Waals surface area contributed by atoms with Crippen LogP contribution in [0.25, 0.3) is 10.6 Å². The van der Waals surface area contributed by atoms with Crippen LogP contribution < -0.4 is 116 Å². The fourth-order valence-electron chi connectivity index (χ4n) is 0.571. The quantitative estimate of drug-likeness (QED) is 0.544. The molecule has 0 heterocycles. The van der Waals surface area contributed by atoms with Crippen LogP contribution in [0.1, 0.15) is 27.7 Å². The van der Waals surface area contributed by atoms with E-state index in [1.165, 1.54) is 0 Å². The fraction of sp³-hybridized carbons (Fsp3) is 0.889. The van der Waals surface area contributed by atoms with Crippen LogP contribution in [0, 0.1) is 11.8 Å². The molecular formula is C9H18N2ORb2. The second-order valence-corrected chi connectivity index (χ2v) is 3.75. The number of carbonyl (C=O) groups excluding carboxylic acids is 1. The van der Waals surface area contributed by atoms with E-state index >= 15 is 0 Å². The number of amides is 2. The molecule has 0 saturated heterocycles. The minimum atomic E-state index is -0.308. The van der Waals surface area contributed by atoms with Gasteiger partial charge in [0.2, 0.25) is 0 Å². The first-order chi connectivity index (χ1) is 5.52. The smallest absolute Gasteiger partial charge is 0.669 e. The third-order valence-electron chi connectivity index (χ3n) is 1.18. The second kappa shape index (κ2) is 13.9. The molecule has 0 bridgehead atoms. The van der Waals surface area contributed by atoms with E-state index in [2.05, 4.69) is 10.6 Å². The Morgan fingerprint density at radius 3 is 1.43 bits per heavy atom. The van der Waals surface area contributed by atoms with E-state index in [1.54, 1.807) is 0 Å². The molecule has 14 heavy (non-hydrogen) atoms. The number of hydrogen-bond acceptors (Lipinski definition) is 1. The summed E-state index contributed by atoms with van der Waals surface area (Å²) in [6.45, 7) is 9.28. The SMILES string of the molecule is CC(C)C[N-]C(=O)[N-]CC(C)C.[Rb+].[Rb+]. The van der Waals surface area contributed by atoms with Gasteiger partial charge in [-0.25, -0.2) is 0 Å². The van der Waals surface area contributed by atoms with Gasteiger partial charge < -0.3 is 15.4 Å². The Hall–Kier alpha value is 2.88. The van der Waals surface area contributed by atoms with Crippen LogP contribution in [-0.4, -0.2) is 19.1 Å². The van der Waals surface area contributed by atoms with E-state index in [0.29, 0.717) is 24.9 Å². The maximum absolute atomic E-state index is 10.9. The Bertz CT molecular complexity index is 127. The van der Waals surface area contributed by atoms with Crippen molar-refractivity contribution in [3.63, 3.8) is 0 Å². The molecule has 0 aliphatic carbocycles. The molecule has 0 aliphatic rings. The minimum absolute atomic E-state index is 0. The van der Waals surface area contributed by atoms with Crippen LogP contribution in [0.5, 0.6) is 0 Å². The zero-order chi connectivity index (χ0) is 9.56. The van der Waals surface area contributed by atoms with Gasteiger partial charge in [0.1, 0.15) is 0 Å². The normalized spacial score (nSPS) is 9.00. The molecule has 0 aliphatic heterocycles. The van der Waals surface area contributed by atoms with Crippen LogP contribution >= 0.6 is 0 Å². The van der Waals surface area contributed by atoms with Crippen molar-refractivity contribution in [3.05, 3.63) is 10.6 Å². The molecule has 0 saturated carbocycles. The van der Waals surface area contributed by atoms with Crippen molar-refractivity contribution in [1.82, 2.24) is 0 Å². The summed E-state index contributed by atoms with van der Waals surface area (Å²) in [5.74, 6) is 0.867. The molecule has 72 valence electrons. The van der Waals surface area contributed by atoms with Gasteiger partial charge in [-0.2, -0.15) is 0 Å². The Labute approximate surface area is 186 Å². The van der Waals surface area contributed by atoms with Crippen molar-refractivity contribution < 1.29 is 121 Å². The first-order valence-electron chi connectivity index (χ1n) is 4.41. The number of carbonyl (C=O) groups is 1. The third kappa shape index (κ3) is 17.3. The molecule has 0 aromatic rings. The van der Waals surface area contributed by atoms with Gasteiger partial charge in [-0.1, -0.05) is 39.5 Å². The number of nitrogens with zero attached hydrogens (tertiary/aromatic N) is 2. The van der Waals surface area contributed by atoms with Crippen LogP contribution in [0.15, 0.2) is 0 Å². The fourth-order valence-corrected chi connectivity index (χ4v) is 0.571. The molecule has 0 aromatic heterocycles. The van der Waals surface area contributed by atoms with E-state index < -0.39 is 0 Å². The number of rotatable bonds is 4. The molecule has 0 unspecified atom stereocenters. The predicted molar refractivity (Wildman–Crippen MR) is 51.5 cm³/mol. The van der Waals surface area contributed by atoms with Crippen LogP contribution in [-0.2, 0) is 0 Å². The predicted octanol–water partition coefficient (Wildman–Crippen LogP) is -2.83. The largest absolute Gasteiger partial charge is 1.00 e. The molecule has 5 heteroatoms. The summed E-state index contributed by atoms with van der Waals surface area (Å²) in [5.41, 5.74) is 0. The summed E-state index contributed by atoms with van der Waals surface area (Å²) in [6.07, 6.45) is 0. The molecule has 0 atom stereocenters. The summed E-state index contributed by atoms with van der Waals surface area (Å²) < 4.78 is 0. The van der Waals surface area contributed by atoms with Crippen LogP contribution in [0.3, 0.4) is 0 Å². The Balaban J connectivity index is -0.000000605. The van der Waals surface area contributed by atoms with E-state index in [-0.39, 0.29) is 122 Å². The number of hydrogen-bond donors (Lipinski definition) is 0. The van der Waals surface area contributed by atoms with Crippen molar-refractivity contribution in [1.29, 1.82) is 0 Å². The van der Waals surface area contributed by atoms with Gasteiger partial charge in [0.05, 0.1) is 0 Å². The first-order valence-corrected chi connectivity index (χ1v) is 4.41. The van der Waals surface area contributed by atoms with Gasteiger partial charge in [0.25, 0.3) is 0 Å². The van der Waals surface area contributed by atoms with E-state index in [0.717, 1.165) is 0 Å².